The lowest BCUT2D eigenvalue weighted by atomic mass is 10.0. The molecule has 2 saturated heterocycles. The van der Waals surface area contributed by atoms with E-state index in [1.54, 1.807) is 0 Å². The first-order chi connectivity index (χ1) is 24.2. The number of carbonyl (C=O) groups excluding carboxylic acids is 2. The van der Waals surface area contributed by atoms with Crippen molar-refractivity contribution in [2.45, 2.75) is 33.1 Å². The minimum atomic E-state index is 0.136. The van der Waals surface area contributed by atoms with Crippen LogP contribution < -0.4 is 14.5 Å². The van der Waals surface area contributed by atoms with Crippen LogP contribution in [0.2, 0.25) is 10.0 Å². The molecule has 0 unspecified atom stereocenters. The molecule has 2 aliphatic heterocycles. The molecule has 0 radical (unpaired) electrons. The van der Waals surface area contributed by atoms with E-state index in [-0.39, 0.29) is 11.6 Å². The van der Waals surface area contributed by atoms with Crippen molar-refractivity contribution in [3.63, 3.8) is 0 Å². The Morgan fingerprint density at radius 2 is 1.10 bits per heavy atom. The van der Waals surface area contributed by atoms with Crippen molar-refractivity contribution in [3.8, 4) is 11.5 Å². The summed E-state index contributed by atoms with van der Waals surface area (Å²) in [4.78, 5) is 35.7. The first kappa shape index (κ1) is 35.9. The van der Waals surface area contributed by atoms with Crippen molar-refractivity contribution in [2.75, 3.05) is 75.2 Å². The van der Waals surface area contributed by atoms with Gasteiger partial charge < -0.3 is 14.5 Å². The van der Waals surface area contributed by atoms with E-state index in [2.05, 4.69) is 38.7 Å². The molecule has 0 spiro atoms. The predicted octanol–water partition coefficient (Wildman–Crippen LogP) is 8.45. The van der Waals surface area contributed by atoms with Crippen LogP contribution in [0.15, 0.2) is 84.9 Å². The molecule has 4 aromatic rings. The van der Waals surface area contributed by atoms with Gasteiger partial charge in [-0.1, -0.05) is 42.3 Å². The number of hydrogen-bond donors (Lipinski definition) is 0. The van der Waals surface area contributed by atoms with Gasteiger partial charge in [0.15, 0.2) is 11.6 Å². The van der Waals surface area contributed by atoms with E-state index in [0.717, 1.165) is 116 Å². The van der Waals surface area contributed by atoms with E-state index in [1.165, 1.54) is 0 Å². The molecule has 0 bridgehead atoms. The molecule has 2 heterocycles. The molecule has 262 valence electrons. The van der Waals surface area contributed by atoms with Gasteiger partial charge in [0.1, 0.15) is 11.5 Å². The minimum Gasteiger partial charge on any atom is -0.457 e. The van der Waals surface area contributed by atoms with Gasteiger partial charge in [-0.2, -0.15) is 0 Å². The van der Waals surface area contributed by atoms with Crippen molar-refractivity contribution < 1.29 is 14.3 Å². The largest absolute Gasteiger partial charge is 0.457 e. The van der Waals surface area contributed by atoms with E-state index in [0.29, 0.717) is 24.2 Å². The maximum absolute atomic E-state index is 13.2. The standard InChI is InChI=1S/C41H46Cl2N4O3/c1-3-31-27-33(39(49)15-17-45-20-24-47(25-21-45)37-9-5-7-35(43)29-37)11-13-41(31)50-40-12-10-32(26-30(40)2)38(48)14-16-44-18-22-46(23-19-44)36-8-4-6-34(42)28-36/h4-13,26-29H,3,14-25H2,1-2H3. The number of aryl methyl sites for hydroxylation is 2. The van der Waals surface area contributed by atoms with Gasteiger partial charge in [0.2, 0.25) is 0 Å². The minimum absolute atomic E-state index is 0.136. The second kappa shape index (κ2) is 16.9. The van der Waals surface area contributed by atoms with Gasteiger partial charge in [-0.25, -0.2) is 0 Å². The second-order valence-corrected chi connectivity index (χ2v) is 14.1. The van der Waals surface area contributed by atoms with E-state index >= 15 is 0 Å². The molecule has 2 fully saturated rings. The van der Waals surface area contributed by atoms with Crippen molar-refractivity contribution in [1.29, 1.82) is 0 Å². The van der Waals surface area contributed by atoms with Crippen molar-refractivity contribution >= 4 is 46.1 Å². The lowest BCUT2D eigenvalue weighted by Crippen LogP contribution is -2.46. The van der Waals surface area contributed by atoms with Gasteiger partial charge in [-0.05, 0) is 97.3 Å². The Kier molecular flexibility index (Phi) is 12.1. The van der Waals surface area contributed by atoms with Crippen molar-refractivity contribution in [3.05, 3.63) is 117 Å². The Bertz CT molecular complexity index is 1800. The van der Waals surface area contributed by atoms with Crippen LogP contribution in [-0.4, -0.2) is 86.8 Å². The summed E-state index contributed by atoms with van der Waals surface area (Å²) >= 11 is 12.4. The summed E-state index contributed by atoms with van der Waals surface area (Å²) in [7, 11) is 0. The van der Waals surface area contributed by atoms with Crippen LogP contribution in [0, 0.1) is 6.92 Å². The molecule has 0 aromatic heterocycles. The van der Waals surface area contributed by atoms with Crippen molar-refractivity contribution in [1.82, 2.24) is 9.80 Å². The van der Waals surface area contributed by atoms with E-state index in [4.69, 9.17) is 27.9 Å². The molecule has 7 nitrogen and oxygen atoms in total. The molecule has 6 rings (SSSR count). The fraction of sp³-hybridized carbons (Fsp3) is 0.366. The number of benzene rings is 4. The average Bonchev–Trinajstić information content (AvgIpc) is 3.14. The topological polar surface area (TPSA) is 56.3 Å². The number of hydrogen-bond acceptors (Lipinski definition) is 7. The Labute approximate surface area is 306 Å². The first-order valence-corrected chi connectivity index (χ1v) is 18.4. The third kappa shape index (κ3) is 9.26. The highest BCUT2D eigenvalue weighted by Crippen LogP contribution is 2.31. The lowest BCUT2D eigenvalue weighted by molar-refractivity contribution is 0.0954. The summed E-state index contributed by atoms with van der Waals surface area (Å²) in [5.41, 5.74) is 5.61. The molecule has 4 aromatic carbocycles. The molecule has 9 heteroatoms. The Hall–Kier alpha value is -3.88. The maximum Gasteiger partial charge on any atom is 0.164 e. The van der Waals surface area contributed by atoms with Crippen LogP contribution in [-0.2, 0) is 6.42 Å². The van der Waals surface area contributed by atoms with Gasteiger partial charge in [-0.3, -0.25) is 19.4 Å². The monoisotopic (exact) mass is 712 g/mol. The molecule has 0 atom stereocenters. The zero-order valence-electron chi connectivity index (χ0n) is 29.0. The Balaban J connectivity index is 0.969. The number of anilines is 2. The quantitative estimate of drug-likeness (QED) is 0.129. The number of Topliss-reactive ketones (excluding diaryl/α,β-unsaturated/α-hetero) is 2. The molecular formula is C41H46Cl2N4O3. The highest BCUT2D eigenvalue weighted by molar-refractivity contribution is 6.31. The van der Waals surface area contributed by atoms with Gasteiger partial charge in [-0.15, -0.1) is 0 Å². The number of rotatable bonds is 13. The number of ether oxygens (including phenoxy) is 1. The second-order valence-electron chi connectivity index (χ2n) is 13.2. The predicted molar refractivity (Wildman–Crippen MR) is 205 cm³/mol. The van der Waals surface area contributed by atoms with Crippen LogP contribution in [0.25, 0.3) is 0 Å². The summed E-state index contributed by atoms with van der Waals surface area (Å²) in [6, 6.07) is 27.4. The summed E-state index contributed by atoms with van der Waals surface area (Å²) in [5, 5.41) is 1.50. The van der Waals surface area contributed by atoms with Gasteiger partial charge in [0, 0.05) is 111 Å². The average molecular weight is 714 g/mol. The van der Waals surface area contributed by atoms with E-state index < -0.39 is 0 Å². The fourth-order valence-corrected chi connectivity index (χ4v) is 7.17. The fourth-order valence-electron chi connectivity index (χ4n) is 6.80. The third-order valence-electron chi connectivity index (χ3n) is 9.88. The Morgan fingerprint density at radius 3 is 1.56 bits per heavy atom. The summed E-state index contributed by atoms with van der Waals surface area (Å²) in [6.45, 7) is 12.9. The third-order valence-corrected chi connectivity index (χ3v) is 10.4. The van der Waals surface area contributed by atoms with Crippen LogP contribution in [0.3, 0.4) is 0 Å². The van der Waals surface area contributed by atoms with Gasteiger partial charge in [0.25, 0.3) is 0 Å². The smallest absolute Gasteiger partial charge is 0.164 e. The molecule has 0 amide bonds. The Morgan fingerprint density at radius 1 is 0.620 bits per heavy atom. The van der Waals surface area contributed by atoms with Crippen LogP contribution >= 0.6 is 23.2 Å². The summed E-state index contributed by atoms with van der Waals surface area (Å²) in [5.74, 6) is 1.73. The number of piperazine rings is 2. The summed E-state index contributed by atoms with van der Waals surface area (Å²) in [6.07, 6.45) is 1.70. The number of carbonyl (C=O) groups is 2. The number of ketones is 2. The molecule has 2 aliphatic rings. The zero-order chi connectivity index (χ0) is 35.0. The highest BCUT2D eigenvalue weighted by atomic mass is 35.5. The van der Waals surface area contributed by atoms with Gasteiger partial charge in [0.05, 0.1) is 0 Å². The molecule has 0 N–H and O–H groups in total. The molecule has 0 aliphatic carbocycles. The summed E-state index contributed by atoms with van der Waals surface area (Å²) < 4.78 is 6.35. The van der Waals surface area contributed by atoms with E-state index in [1.807, 2.05) is 79.7 Å². The van der Waals surface area contributed by atoms with Crippen LogP contribution in [0.5, 0.6) is 11.5 Å². The first-order valence-electron chi connectivity index (χ1n) is 17.7. The van der Waals surface area contributed by atoms with Crippen LogP contribution in [0.4, 0.5) is 11.4 Å². The number of nitrogens with zero attached hydrogens (tertiary/aromatic N) is 4. The lowest BCUT2D eigenvalue weighted by Gasteiger charge is -2.36. The maximum atomic E-state index is 13.2. The van der Waals surface area contributed by atoms with Crippen LogP contribution in [0.1, 0.15) is 51.6 Å². The van der Waals surface area contributed by atoms with Gasteiger partial charge >= 0.3 is 0 Å². The number of halogens is 2. The molecular weight excluding hydrogens is 667 g/mol. The molecule has 50 heavy (non-hydrogen) atoms. The van der Waals surface area contributed by atoms with E-state index in [9.17, 15) is 9.59 Å². The molecule has 0 saturated carbocycles. The SMILES string of the molecule is CCc1cc(C(=O)CCN2CCN(c3cccc(Cl)c3)CC2)ccc1Oc1ccc(C(=O)CCN2CCN(c3cccc(Cl)c3)CC2)cc1C. The zero-order valence-corrected chi connectivity index (χ0v) is 30.6. The normalized spacial score (nSPS) is 15.7. The van der Waals surface area contributed by atoms with Crippen molar-refractivity contribution in [2.24, 2.45) is 0 Å². The highest BCUT2D eigenvalue weighted by Gasteiger charge is 2.21.